The van der Waals surface area contributed by atoms with Gasteiger partial charge in [0.25, 0.3) is 11.8 Å². The van der Waals surface area contributed by atoms with Crippen LogP contribution in [0, 0.1) is 6.92 Å². The predicted octanol–water partition coefficient (Wildman–Crippen LogP) is 7.82. The Hall–Kier alpha value is -5.67. The summed E-state index contributed by atoms with van der Waals surface area (Å²) in [5.41, 5.74) is 6.46. The maximum Gasteiger partial charge on any atom is 0.257 e. The number of hydrogen-bond acceptors (Lipinski definition) is 7. The third-order valence-electron chi connectivity index (χ3n) is 6.68. The number of carbonyl (C=O) groups excluding carboxylic acids is 2. The second kappa shape index (κ2) is 12.5. The van der Waals surface area contributed by atoms with Gasteiger partial charge >= 0.3 is 0 Å². The van der Waals surface area contributed by atoms with E-state index in [-0.39, 0.29) is 11.8 Å². The highest BCUT2D eigenvalue weighted by molar-refractivity contribution is 7.13. The van der Waals surface area contributed by atoms with Crippen LogP contribution in [0.4, 0.5) is 23.0 Å². The second-order valence-corrected chi connectivity index (χ2v) is 10.7. The molecule has 6 rings (SSSR count). The highest BCUT2D eigenvalue weighted by Crippen LogP contribution is 2.27. The first kappa shape index (κ1) is 27.5. The molecule has 8 nitrogen and oxygen atoms in total. The number of hydrogen-bond donors (Lipinski definition) is 3. The van der Waals surface area contributed by atoms with Crippen LogP contribution in [0.15, 0.2) is 121 Å². The van der Waals surface area contributed by atoms with Crippen molar-refractivity contribution in [2.24, 2.45) is 0 Å². The number of aryl methyl sites for hydroxylation is 1. The van der Waals surface area contributed by atoms with E-state index >= 15 is 0 Å². The normalized spacial score (nSPS) is 10.6. The Morgan fingerprint density at radius 2 is 1.49 bits per heavy atom. The van der Waals surface area contributed by atoms with Crippen molar-refractivity contribution < 1.29 is 9.59 Å². The van der Waals surface area contributed by atoms with Crippen molar-refractivity contribution in [3.05, 3.63) is 138 Å². The quantitative estimate of drug-likeness (QED) is 0.169. The van der Waals surface area contributed by atoms with Gasteiger partial charge in [0.1, 0.15) is 0 Å². The molecule has 3 aromatic heterocycles. The molecule has 3 aromatic carbocycles. The molecule has 0 saturated heterocycles. The first-order chi connectivity index (χ1) is 21.0. The summed E-state index contributed by atoms with van der Waals surface area (Å²) in [5.74, 6) is -0.194. The van der Waals surface area contributed by atoms with Gasteiger partial charge in [-0.2, -0.15) is 0 Å². The first-order valence-corrected chi connectivity index (χ1v) is 14.4. The summed E-state index contributed by atoms with van der Waals surface area (Å²) in [6, 6.07) is 30.3. The van der Waals surface area contributed by atoms with Crippen molar-refractivity contribution in [1.29, 1.82) is 0 Å². The zero-order valence-electron chi connectivity index (χ0n) is 23.1. The minimum Gasteiger partial charge on any atom is -0.324 e. The van der Waals surface area contributed by atoms with Gasteiger partial charge in [0.15, 0.2) is 0 Å². The van der Waals surface area contributed by atoms with Crippen LogP contribution < -0.4 is 16.0 Å². The highest BCUT2D eigenvalue weighted by atomic mass is 32.1. The minimum absolute atomic E-state index is 0.293. The third-order valence-corrected chi connectivity index (χ3v) is 7.58. The van der Waals surface area contributed by atoms with Crippen molar-refractivity contribution in [1.82, 2.24) is 15.0 Å². The molecule has 0 atom stereocenters. The Kier molecular flexibility index (Phi) is 7.97. The number of carbonyl (C=O) groups is 2. The molecule has 3 heterocycles. The summed E-state index contributed by atoms with van der Waals surface area (Å²) in [4.78, 5) is 40.2. The molecule has 0 radical (unpaired) electrons. The van der Waals surface area contributed by atoms with Crippen molar-refractivity contribution in [3.8, 4) is 21.7 Å². The van der Waals surface area contributed by atoms with E-state index in [1.807, 2.05) is 91.2 Å². The maximum absolute atomic E-state index is 13.1. The van der Waals surface area contributed by atoms with Crippen LogP contribution >= 0.6 is 11.3 Å². The molecule has 0 bridgehead atoms. The Balaban J connectivity index is 1.12. The monoisotopic (exact) mass is 582 g/mol. The van der Waals surface area contributed by atoms with Crippen molar-refractivity contribution in [2.45, 2.75) is 6.92 Å². The molecular formula is C34H26N6O2S. The van der Waals surface area contributed by atoms with Gasteiger partial charge in [-0.25, -0.2) is 9.97 Å². The van der Waals surface area contributed by atoms with Gasteiger partial charge in [-0.1, -0.05) is 54.6 Å². The molecule has 0 aliphatic rings. The van der Waals surface area contributed by atoms with Crippen LogP contribution in [0.2, 0.25) is 0 Å². The predicted molar refractivity (Wildman–Crippen MR) is 172 cm³/mol. The van der Waals surface area contributed by atoms with Crippen LogP contribution in [0.25, 0.3) is 21.7 Å². The average Bonchev–Trinajstić information content (AvgIpc) is 3.59. The summed E-state index contributed by atoms with van der Waals surface area (Å²) in [6.07, 6.45) is 4.67. The van der Waals surface area contributed by atoms with E-state index in [4.69, 9.17) is 0 Å². The summed E-state index contributed by atoms with van der Waals surface area (Å²) >= 11 is 1.61. The molecule has 0 aliphatic heterocycles. The third kappa shape index (κ3) is 6.64. The molecule has 0 fully saturated rings. The zero-order valence-corrected chi connectivity index (χ0v) is 23.9. The zero-order chi connectivity index (χ0) is 29.6. The summed E-state index contributed by atoms with van der Waals surface area (Å²) in [5, 5.41) is 11.0. The van der Waals surface area contributed by atoms with Gasteiger partial charge in [-0.15, -0.1) is 11.3 Å². The Morgan fingerprint density at radius 3 is 2.28 bits per heavy atom. The number of rotatable bonds is 8. The molecule has 0 aliphatic carbocycles. The van der Waals surface area contributed by atoms with Crippen molar-refractivity contribution in [3.63, 3.8) is 0 Å². The van der Waals surface area contributed by atoms with Gasteiger partial charge in [0.2, 0.25) is 5.95 Å². The number of amides is 2. The molecule has 0 unspecified atom stereocenters. The number of thiophene rings is 1. The van der Waals surface area contributed by atoms with E-state index in [1.165, 1.54) is 12.4 Å². The second-order valence-electron chi connectivity index (χ2n) is 9.71. The maximum atomic E-state index is 13.1. The molecule has 210 valence electrons. The lowest BCUT2D eigenvalue weighted by Gasteiger charge is -2.12. The Labute approximate surface area is 252 Å². The van der Waals surface area contributed by atoms with Gasteiger partial charge < -0.3 is 16.0 Å². The fraction of sp³-hybridized carbons (Fsp3) is 0.0294. The van der Waals surface area contributed by atoms with Crippen LogP contribution in [-0.2, 0) is 0 Å². The van der Waals surface area contributed by atoms with Crippen LogP contribution in [0.5, 0.6) is 0 Å². The Bertz CT molecular complexity index is 1890. The number of pyridine rings is 1. The topological polar surface area (TPSA) is 109 Å². The van der Waals surface area contributed by atoms with E-state index in [1.54, 1.807) is 35.7 Å². The van der Waals surface area contributed by atoms with E-state index in [9.17, 15) is 9.59 Å². The lowest BCUT2D eigenvalue weighted by atomic mass is 10.0. The Morgan fingerprint density at radius 1 is 0.721 bits per heavy atom. The number of nitrogens with zero attached hydrogens (tertiary/aromatic N) is 3. The standard InChI is InChI=1S/C34H26N6O2S/c1-22-9-14-27(19-30(22)40-34-36-16-15-29(39-34)31-8-5-17-43-31)37-33(42)26-18-28(21-35-20-26)38-32(41)25-12-10-24(11-13-25)23-6-3-2-4-7-23/h2-21H,1H3,(H,37,42)(H,38,41)(H,36,39,40). The lowest BCUT2D eigenvalue weighted by Crippen LogP contribution is -2.15. The molecule has 2 amide bonds. The SMILES string of the molecule is Cc1ccc(NC(=O)c2cncc(NC(=O)c3ccc(-c4ccccc4)cc3)c2)cc1Nc1nccc(-c2cccs2)n1. The molecule has 9 heteroatoms. The number of nitrogens with one attached hydrogen (secondary N) is 3. The number of aromatic nitrogens is 3. The van der Waals surface area contributed by atoms with E-state index in [0.717, 1.165) is 32.9 Å². The fourth-order valence-corrected chi connectivity index (χ4v) is 5.11. The van der Waals surface area contributed by atoms with E-state index in [2.05, 4.69) is 30.9 Å². The molecule has 0 saturated carbocycles. The molecule has 0 spiro atoms. The van der Waals surface area contributed by atoms with Crippen LogP contribution in [0.1, 0.15) is 26.3 Å². The van der Waals surface area contributed by atoms with E-state index < -0.39 is 0 Å². The van der Waals surface area contributed by atoms with Crippen molar-refractivity contribution in [2.75, 3.05) is 16.0 Å². The van der Waals surface area contributed by atoms with E-state index in [0.29, 0.717) is 28.5 Å². The number of benzene rings is 3. The largest absolute Gasteiger partial charge is 0.324 e. The van der Waals surface area contributed by atoms with Crippen LogP contribution in [0.3, 0.4) is 0 Å². The molecule has 6 aromatic rings. The number of anilines is 4. The van der Waals surface area contributed by atoms with Gasteiger partial charge in [0, 0.05) is 29.3 Å². The van der Waals surface area contributed by atoms with Crippen LogP contribution in [-0.4, -0.2) is 26.8 Å². The van der Waals surface area contributed by atoms with Gasteiger partial charge in [-0.3, -0.25) is 14.6 Å². The molecule has 3 N–H and O–H groups in total. The summed E-state index contributed by atoms with van der Waals surface area (Å²) in [6.45, 7) is 1.96. The highest BCUT2D eigenvalue weighted by Gasteiger charge is 2.13. The average molecular weight is 583 g/mol. The smallest absolute Gasteiger partial charge is 0.257 e. The molecular weight excluding hydrogens is 556 g/mol. The van der Waals surface area contributed by atoms with Crippen molar-refractivity contribution >= 4 is 46.2 Å². The minimum atomic E-state index is -0.360. The van der Waals surface area contributed by atoms with Gasteiger partial charge in [-0.05, 0) is 71.5 Å². The lowest BCUT2D eigenvalue weighted by molar-refractivity contribution is 0.101. The summed E-state index contributed by atoms with van der Waals surface area (Å²) in [7, 11) is 0. The molecule has 43 heavy (non-hydrogen) atoms. The first-order valence-electron chi connectivity index (χ1n) is 13.5. The fourth-order valence-electron chi connectivity index (χ4n) is 4.42. The van der Waals surface area contributed by atoms with Gasteiger partial charge in [0.05, 0.1) is 28.0 Å². The summed E-state index contributed by atoms with van der Waals surface area (Å²) < 4.78 is 0.